The fraction of sp³-hybridized carbons (Fsp3) is 0.667. The van der Waals surface area contributed by atoms with Crippen LogP contribution in [0.15, 0.2) is 23.2 Å². The maximum Gasteiger partial charge on any atom is 0.191 e. The Balaban J connectivity index is 0.00000312. The van der Waals surface area contributed by atoms with E-state index in [4.69, 9.17) is 4.74 Å². The van der Waals surface area contributed by atoms with Gasteiger partial charge in [0, 0.05) is 40.4 Å². The summed E-state index contributed by atoms with van der Waals surface area (Å²) < 4.78 is 5.65. The van der Waals surface area contributed by atoms with Crippen LogP contribution in [0.4, 0.5) is 5.82 Å². The molecule has 142 valence electrons. The summed E-state index contributed by atoms with van der Waals surface area (Å²) in [6.07, 6.45) is 3.68. The summed E-state index contributed by atoms with van der Waals surface area (Å²) >= 11 is 0. The van der Waals surface area contributed by atoms with E-state index in [0.717, 1.165) is 56.1 Å². The number of pyridine rings is 1. The maximum absolute atomic E-state index is 5.65. The topological polar surface area (TPSA) is 61.8 Å². The van der Waals surface area contributed by atoms with Crippen LogP contribution < -0.4 is 15.5 Å². The normalized spacial score (nSPS) is 14.0. The Morgan fingerprint density at radius 1 is 1.32 bits per heavy atom. The minimum absolute atomic E-state index is 0. The number of ether oxygens (including phenoxy) is 1. The van der Waals surface area contributed by atoms with Gasteiger partial charge in [0.25, 0.3) is 0 Å². The molecule has 0 aliphatic heterocycles. The molecule has 0 unspecified atom stereocenters. The van der Waals surface area contributed by atoms with Crippen molar-refractivity contribution < 1.29 is 4.74 Å². The lowest BCUT2D eigenvalue weighted by Crippen LogP contribution is -2.38. The third-order valence-electron chi connectivity index (χ3n) is 3.80. The Bertz CT molecular complexity index is 520. The van der Waals surface area contributed by atoms with Crippen LogP contribution in [0.25, 0.3) is 0 Å². The fourth-order valence-electron chi connectivity index (χ4n) is 2.22. The van der Waals surface area contributed by atoms with Crippen molar-refractivity contribution in [1.82, 2.24) is 15.6 Å². The van der Waals surface area contributed by atoms with Gasteiger partial charge in [-0.2, -0.15) is 0 Å². The third kappa shape index (κ3) is 9.25. The molecule has 1 aromatic heterocycles. The van der Waals surface area contributed by atoms with Crippen LogP contribution in [0, 0.1) is 5.92 Å². The molecule has 1 heterocycles. The second-order valence-electron chi connectivity index (χ2n) is 6.38. The molecule has 0 saturated heterocycles. The third-order valence-corrected chi connectivity index (χ3v) is 3.80. The monoisotopic (exact) mass is 461 g/mol. The smallest absolute Gasteiger partial charge is 0.191 e. The van der Waals surface area contributed by atoms with E-state index in [2.05, 4.69) is 27.5 Å². The highest BCUT2D eigenvalue weighted by Gasteiger charge is 2.20. The second kappa shape index (κ2) is 12.3. The number of aromatic nitrogens is 1. The molecule has 6 nitrogen and oxygen atoms in total. The lowest BCUT2D eigenvalue weighted by atomic mass is 10.3. The van der Waals surface area contributed by atoms with E-state index < -0.39 is 0 Å². The van der Waals surface area contributed by atoms with E-state index in [1.165, 1.54) is 12.8 Å². The van der Waals surface area contributed by atoms with Gasteiger partial charge in [0.2, 0.25) is 0 Å². The zero-order valence-corrected chi connectivity index (χ0v) is 18.0. The van der Waals surface area contributed by atoms with Crippen molar-refractivity contribution in [2.75, 3.05) is 45.3 Å². The Kier molecular flexibility index (Phi) is 10.8. The lowest BCUT2D eigenvalue weighted by molar-refractivity contribution is 0.123. The van der Waals surface area contributed by atoms with Gasteiger partial charge in [-0.05, 0) is 44.2 Å². The van der Waals surface area contributed by atoms with Crippen LogP contribution in [-0.2, 0) is 11.3 Å². The van der Waals surface area contributed by atoms with Crippen molar-refractivity contribution in [3.8, 4) is 0 Å². The van der Waals surface area contributed by atoms with Gasteiger partial charge in [-0.15, -0.1) is 24.0 Å². The van der Waals surface area contributed by atoms with Gasteiger partial charge in [0.15, 0.2) is 5.96 Å². The van der Waals surface area contributed by atoms with Gasteiger partial charge in [-0.3, -0.25) is 0 Å². The van der Waals surface area contributed by atoms with Crippen LogP contribution in [-0.4, -0.2) is 51.3 Å². The molecule has 0 spiro atoms. The number of hydrogen-bond acceptors (Lipinski definition) is 4. The van der Waals surface area contributed by atoms with Gasteiger partial charge >= 0.3 is 0 Å². The van der Waals surface area contributed by atoms with E-state index >= 15 is 0 Å². The van der Waals surface area contributed by atoms with Gasteiger partial charge in [-0.25, -0.2) is 9.98 Å². The first-order valence-corrected chi connectivity index (χ1v) is 8.92. The highest BCUT2D eigenvalue weighted by Crippen LogP contribution is 2.28. The summed E-state index contributed by atoms with van der Waals surface area (Å²) in [4.78, 5) is 11.2. The van der Waals surface area contributed by atoms with E-state index in [0.29, 0.717) is 6.54 Å². The Labute approximate surface area is 168 Å². The number of guanidine groups is 1. The number of nitrogens with zero attached hydrogens (tertiary/aromatic N) is 3. The van der Waals surface area contributed by atoms with E-state index in [-0.39, 0.29) is 24.0 Å². The maximum atomic E-state index is 5.65. The SMILES string of the molecule is CCNC(=NCc1cccc(N(C)C)n1)NCCCOCC1CC1.I. The first-order valence-electron chi connectivity index (χ1n) is 8.92. The Hall–Kier alpha value is -1.09. The summed E-state index contributed by atoms with van der Waals surface area (Å²) in [6.45, 7) is 6.09. The first kappa shape index (κ1) is 22.0. The minimum atomic E-state index is 0. The van der Waals surface area contributed by atoms with Crippen molar-refractivity contribution in [2.45, 2.75) is 32.7 Å². The van der Waals surface area contributed by atoms with Crippen molar-refractivity contribution in [3.63, 3.8) is 0 Å². The largest absolute Gasteiger partial charge is 0.381 e. The predicted octanol–water partition coefficient (Wildman–Crippen LogP) is 2.64. The Morgan fingerprint density at radius 2 is 2.12 bits per heavy atom. The molecule has 1 aliphatic carbocycles. The van der Waals surface area contributed by atoms with Crippen LogP contribution >= 0.6 is 24.0 Å². The molecule has 1 fully saturated rings. The van der Waals surface area contributed by atoms with Crippen molar-refractivity contribution in [3.05, 3.63) is 23.9 Å². The number of halogens is 1. The van der Waals surface area contributed by atoms with Gasteiger partial charge < -0.3 is 20.3 Å². The van der Waals surface area contributed by atoms with Crippen LogP contribution in [0.2, 0.25) is 0 Å². The molecule has 1 saturated carbocycles. The van der Waals surface area contributed by atoms with Crippen LogP contribution in [0.1, 0.15) is 31.9 Å². The van der Waals surface area contributed by atoms with Gasteiger partial charge in [0.05, 0.1) is 12.2 Å². The molecule has 0 bridgehead atoms. The molecule has 2 rings (SSSR count). The number of aliphatic imine (C=N–C) groups is 1. The Morgan fingerprint density at radius 3 is 2.80 bits per heavy atom. The second-order valence-corrected chi connectivity index (χ2v) is 6.38. The van der Waals surface area contributed by atoms with Crippen molar-refractivity contribution in [1.29, 1.82) is 0 Å². The predicted molar refractivity (Wildman–Crippen MR) is 115 cm³/mol. The zero-order valence-electron chi connectivity index (χ0n) is 15.6. The molecule has 0 atom stereocenters. The number of hydrogen-bond donors (Lipinski definition) is 2. The van der Waals surface area contributed by atoms with Crippen molar-refractivity contribution >= 4 is 35.8 Å². The highest BCUT2D eigenvalue weighted by molar-refractivity contribution is 14.0. The number of anilines is 1. The van der Waals surface area contributed by atoms with Gasteiger partial charge in [0.1, 0.15) is 5.82 Å². The molecule has 0 amide bonds. The molecule has 7 heteroatoms. The van der Waals surface area contributed by atoms with E-state index in [1.807, 2.05) is 37.2 Å². The average molecular weight is 461 g/mol. The standard InChI is InChI=1S/C18H31N5O.HI/c1-4-19-18(20-11-6-12-24-14-15-9-10-15)21-13-16-7-5-8-17(22-16)23(2)3;/h5,7-8,15H,4,6,9-14H2,1-3H3,(H2,19,20,21);1H. The quantitative estimate of drug-likeness (QED) is 0.243. The first-order chi connectivity index (χ1) is 11.7. The number of nitrogens with one attached hydrogen (secondary N) is 2. The van der Waals surface area contributed by atoms with E-state index in [9.17, 15) is 0 Å². The molecular formula is C18H32IN5O. The molecule has 0 radical (unpaired) electrons. The zero-order chi connectivity index (χ0) is 17.2. The molecule has 0 aromatic carbocycles. The molecule has 1 aliphatic rings. The summed E-state index contributed by atoms with van der Waals surface area (Å²) in [5.74, 6) is 2.62. The molecule has 2 N–H and O–H groups in total. The molecule has 25 heavy (non-hydrogen) atoms. The lowest BCUT2D eigenvalue weighted by Gasteiger charge is -2.13. The summed E-state index contributed by atoms with van der Waals surface area (Å²) in [5.41, 5.74) is 0.964. The van der Waals surface area contributed by atoms with Crippen LogP contribution in [0.3, 0.4) is 0 Å². The fourth-order valence-corrected chi connectivity index (χ4v) is 2.22. The highest BCUT2D eigenvalue weighted by atomic mass is 127. The van der Waals surface area contributed by atoms with Crippen LogP contribution in [0.5, 0.6) is 0 Å². The van der Waals surface area contributed by atoms with Crippen molar-refractivity contribution in [2.24, 2.45) is 10.9 Å². The summed E-state index contributed by atoms with van der Waals surface area (Å²) in [5, 5.41) is 6.62. The molecule has 1 aromatic rings. The van der Waals surface area contributed by atoms with E-state index in [1.54, 1.807) is 0 Å². The molecular weight excluding hydrogens is 429 g/mol. The number of rotatable bonds is 10. The average Bonchev–Trinajstić information content (AvgIpc) is 3.40. The van der Waals surface area contributed by atoms with Gasteiger partial charge in [-0.1, -0.05) is 6.07 Å². The summed E-state index contributed by atoms with van der Waals surface area (Å²) in [7, 11) is 3.98. The summed E-state index contributed by atoms with van der Waals surface area (Å²) in [6, 6.07) is 6.02. The minimum Gasteiger partial charge on any atom is -0.381 e.